The van der Waals surface area contributed by atoms with Crippen LogP contribution in [-0.4, -0.2) is 46.8 Å². The lowest BCUT2D eigenvalue weighted by Crippen LogP contribution is -2.51. The summed E-state index contributed by atoms with van der Waals surface area (Å²) in [6.45, 7) is 7.89. The summed E-state index contributed by atoms with van der Waals surface area (Å²) >= 11 is 0. The van der Waals surface area contributed by atoms with E-state index in [1.54, 1.807) is 17.3 Å². The topological polar surface area (TPSA) is 65.5 Å². The van der Waals surface area contributed by atoms with E-state index in [4.69, 9.17) is 0 Å². The molecule has 21 heavy (non-hydrogen) atoms. The Morgan fingerprint density at radius 3 is 2.76 bits per heavy atom. The van der Waals surface area contributed by atoms with Gasteiger partial charge in [0, 0.05) is 37.4 Å². The predicted octanol–water partition coefficient (Wildman–Crippen LogP) is 1.77. The van der Waals surface area contributed by atoms with E-state index < -0.39 is 6.10 Å². The average molecular weight is 291 g/mol. The fourth-order valence-electron chi connectivity index (χ4n) is 2.55. The molecule has 0 radical (unpaired) electrons. The number of amides is 2. The molecule has 0 bridgehead atoms. The highest BCUT2D eigenvalue weighted by Crippen LogP contribution is 2.22. The maximum Gasteiger partial charge on any atom is 0.317 e. The summed E-state index contributed by atoms with van der Waals surface area (Å²) in [5, 5.41) is 12.9. The Kier molecular flexibility index (Phi) is 4.83. The molecule has 1 saturated heterocycles. The van der Waals surface area contributed by atoms with Gasteiger partial charge in [-0.1, -0.05) is 20.8 Å². The molecular weight excluding hydrogens is 266 g/mol. The van der Waals surface area contributed by atoms with Crippen molar-refractivity contribution in [2.24, 2.45) is 5.92 Å². The number of nitrogens with zero attached hydrogens (tertiary/aromatic N) is 2. The SMILES string of the molecule is CC1CCN(C(=O)NCC(C)(C)c2ccncc2)CC1O. The lowest BCUT2D eigenvalue weighted by Gasteiger charge is -2.35. The summed E-state index contributed by atoms with van der Waals surface area (Å²) in [4.78, 5) is 17.9. The molecule has 2 atom stereocenters. The summed E-state index contributed by atoms with van der Waals surface area (Å²) < 4.78 is 0. The molecule has 5 heteroatoms. The minimum atomic E-state index is -0.419. The highest BCUT2D eigenvalue weighted by molar-refractivity contribution is 5.74. The minimum absolute atomic E-state index is 0.0944. The van der Waals surface area contributed by atoms with Crippen molar-refractivity contribution in [2.45, 2.75) is 38.7 Å². The normalized spacial score (nSPS) is 23.0. The predicted molar refractivity (Wildman–Crippen MR) is 82.0 cm³/mol. The molecule has 1 aliphatic heterocycles. The molecule has 1 aromatic heterocycles. The maximum absolute atomic E-state index is 12.2. The van der Waals surface area contributed by atoms with Crippen molar-refractivity contribution in [3.63, 3.8) is 0 Å². The van der Waals surface area contributed by atoms with Crippen LogP contribution >= 0.6 is 0 Å². The zero-order chi connectivity index (χ0) is 15.5. The second kappa shape index (κ2) is 6.43. The molecule has 2 amide bonds. The molecule has 2 unspecified atom stereocenters. The number of aromatic nitrogens is 1. The number of pyridine rings is 1. The molecule has 0 spiro atoms. The molecule has 5 nitrogen and oxygen atoms in total. The number of hydrogen-bond donors (Lipinski definition) is 2. The number of β-amino-alcohol motifs (C(OH)–C–C–N with tert-alkyl or cyclic N) is 1. The number of piperidine rings is 1. The van der Waals surface area contributed by atoms with Crippen LogP contribution in [0.2, 0.25) is 0 Å². The van der Waals surface area contributed by atoms with E-state index in [9.17, 15) is 9.90 Å². The number of urea groups is 1. The molecule has 0 saturated carbocycles. The monoisotopic (exact) mass is 291 g/mol. The number of hydrogen-bond acceptors (Lipinski definition) is 3. The summed E-state index contributed by atoms with van der Waals surface area (Å²) in [7, 11) is 0. The molecule has 0 aromatic carbocycles. The zero-order valence-electron chi connectivity index (χ0n) is 13.0. The van der Waals surface area contributed by atoms with Gasteiger partial charge in [-0.3, -0.25) is 4.98 Å². The number of aliphatic hydroxyl groups is 1. The van der Waals surface area contributed by atoms with Gasteiger partial charge in [-0.25, -0.2) is 4.79 Å². The van der Waals surface area contributed by atoms with E-state index in [0.29, 0.717) is 19.6 Å². The van der Waals surface area contributed by atoms with Crippen molar-refractivity contribution in [3.8, 4) is 0 Å². The van der Waals surface area contributed by atoms with Gasteiger partial charge in [-0.05, 0) is 30.0 Å². The number of carbonyl (C=O) groups excluding carboxylic acids is 1. The van der Waals surface area contributed by atoms with Gasteiger partial charge < -0.3 is 15.3 Å². The van der Waals surface area contributed by atoms with Crippen LogP contribution in [0.1, 0.15) is 32.8 Å². The van der Waals surface area contributed by atoms with Crippen LogP contribution in [0, 0.1) is 5.92 Å². The van der Waals surface area contributed by atoms with E-state index in [1.165, 1.54) is 0 Å². The third-order valence-corrected chi connectivity index (χ3v) is 4.35. The standard InChI is InChI=1S/C16H25N3O2/c1-12-6-9-19(10-14(12)20)15(21)18-11-16(2,3)13-4-7-17-8-5-13/h4-5,7-8,12,14,20H,6,9-11H2,1-3H3,(H,18,21). The van der Waals surface area contributed by atoms with E-state index in [-0.39, 0.29) is 17.4 Å². The lowest BCUT2D eigenvalue weighted by atomic mass is 9.85. The average Bonchev–Trinajstić information content (AvgIpc) is 2.48. The van der Waals surface area contributed by atoms with E-state index in [1.807, 2.05) is 19.1 Å². The molecule has 0 aliphatic carbocycles. The van der Waals surface area contributed by atoms with Crippen molar-refractivity contribution in [1.29, 1.82) is 0 Å². The highest BCUT2D eigenvalue weighted by Gasteiger charge is 2.28. The van der Waals surface area contributed by atoms with Crippen molar-refractivity contribution in [1.82, 2.24) is 15.2 Å². The second-order valence-electron chi connectivity index (χ2n) is 6.56. The Morgan fingerprint density at radius 1 is 1.48 bits per heavy atom. The smallest absolute Gasteiger partial charge is 0.317 e. The van der Waals surface area contributed by atoms with Gasteiger partial charge in [0.1, 0.15) is 0 Å². The van der Waals surface area contributed by atoms with Gasteiger partial charge in [-0.2, -0.15) is 0 Å². The first-order valence-electron chi connectivity index (χ1n) is 7.51. The van der Waals surface area contributed by atoms with Crippen LogP contribution in [0.4, 0.5) is 4.79 Å². The van der Waals surface area contributed by atoms with Crippen LogP contribution in [0.3, 0.4) is 0 Å². The van der Waals surface area contributed by atoms with Crippen molar-refractivity contribution in [3.05, 3.63) is 30.1 Å². The number of carbonyl (C=O) groups is 1. The molecular formula is C16H25N3O2. The van der Waals surface area contributed by atoms with E-state index in [2.05, 4.69) is 24.1 Å². The summed E-state index contributed by atoms with van der Waals surface area (Å²) in [6, 6.07) is 3.85. The van der Waals surface area contributed by atoms with Crippen molar-refractivity contribution >= 4 is 6.03 Å². The lowest BCUT2D eigenvalue weighted by molar-refractivity contribution is 0.0434. The molecule has 116 valence electrons. The Morgan fingerprint density at radius 2 is 2.14 bits per heavy atom. The molecule has 2 N–H and O–H groups in total. The van der Waals surface area contributed by atoms with Gasteiger partial charge in [0.25, 0.3) is 0 Å². The van der Waals surface area contributed by atoms with Gasteiger partial charge in [0.2, 0.25) is 0 Å². The number of aliphatic hydroxyl groups excluding tert-OH is 1. The molecule has 2 rings (SSSR count). The van der Waals surface area contributed by atoms with Gasteiger partial charge in [-0.15, -0.1) is 0 Å². The number of nitrogens with one attached hydrogen (secondary N) is 1. The van der Waals surface area contributed by atoms with E-state index >= 15 is 0 Å². The summed E-state index contributed by atoms with van der Waals surface area (Å²) in [5.74, 6) is 0.266. The first kappa shape index (κ1) is 15.8. The van der Waals surface area contributed by atoms with Crippen LogP contribution in [0.15, 0.2) is 24.5 Å². The summed E-state index contributed by atoms with van der Waals surface area (Å²) in [5.41, 5.74) is 0.991. The summed E-state index contributed by atoms with van der Waals surface area (Å²) in [6.07, 6.45) is 3.96. The second-order valence-corrected chi connectivity index (χ2v) is 6.56. The molecule has 2 heterocycles. The van der Waals surface area contributed by atoms with Gasteiger partial charge in [0.05, 0.1) is 6.10 Å². The van der Waals surface area contributed by atoms with Crippen LogP contribution in [0.5, 0.6) is 0 Å². The highest BCUT2D eigenvalue weighted by atomic mass is 16.3. The largest absolute Gasteiger partial charge is 0.391 e. The van der Waals surface area contributed by atoms with Crippen molar-refractivity contribution in [2.75, 3.05) is 19.6 Å². The number of rotatable bonds is 3. The van der Waals surface area contributed by atoms with Crippen molar-refractivity contribution < 1.29 is 9.90 Å². The quantitative estimate of drug-likeness (QED) is 0.892. The first-order chi connectivity index (χ1) is 9.90. The Hall–Kier alpha value is -1.62. The van der Waals surface area contributed by atoms with Gasteiger partial charge >= 0.3 is 6.03 Å². The minimum Gasteiger partial charge on any atom is -0.391 e. The van der Waals surface area contributed by atoms with Crippen LogP contribution in [-0.2, 0) is 5.41 Å². The molecule has 1 fully saturated rings. The third-order valence-electron chi connectivity index (χ3n) is 4.35. The Labute approximate surface area is 126 Å². The van der Waals surface area contributed by atoms with Crippen LogP contribution in [0.25, 0.3) is 0 Å². The van der Waals surface area contributed by atoms with Crippen LogP contribution < -0.4 is 5.32 Å². The Balaban J connectivity index is 1.89. The zero-order valence-corrected chi connectivity index (χ0v) is 13.0. The maximum atomic E-state index is 12.2. The molecule has 1 aliphatic rings. The fraction of sp³-hybridized carbons (Fsp3) is 0.625. The third kappa shape index (κ3) is 3.94. The van der Waals surface area contributed by atoms with E-state index in [0.717, 1.165) is 12.0 Å². The Bertz CT molecular complexity index is 476. The fourth-order valence-corrected chi connectivity index (χ4v) is 2.55. The number of likely N-dealkylation sites (tertiary alicyclic amines) is 1. The molecule has 1 aromatic rings. The van der Waals surface area contributed by atoms with Gasteiger partial charge in [0.15, 0.2) is 0 Å². The first-order valence-corrected chi connectivity index (χ1v) is 7.51.